The summed E-state index contributed by atoms with van der Waals surface area (Å²) in [5, 5.41) is 1.04. The van der Waals surface area contributed by atoms with E-state index in [2.05, 4.69) is 4.98 Å². The lowest BCUT2D eigenvalue weighted by Crippen LogP contribution is -2.45. The maximum atomic E-state index is 15.5. The molecular formula is C27H24ClF2N5O5S2. The monoisotopic (exact) mass is 635 g/mol. The molecule has 2 aliphatic rings. The Balaban J connectivity index is 1.23. The van der Waals surface area contributed by atoms with E-state index in [4.69, 9.17) is 16.4 Å². The fourth-order valence-electron chi connectivity index (χ4n) is 5.32. The second-order valence-electron chi connectivity index (χ2n) is 9.97. The third-order valence-corrected chi connectivity index (χ3v) is 10.8. The van der Waals surface area contributed by atoms with E-state index < -0.39 is 34.0 Å². The number of rotatable bonds is 9. The van der Waals surface area contributed by atoms with Gasteiger partial charge in [0, 0.05) is 53.5 Å². The number of alkyl halides is 1. The van der Waals surface area contributed by atoms with E-state index in [9.17, 15) is 22.4 Å². The van der Waals surface area contributed by atoms with Gasteiger partial charge in [0.1, 0.15) is 28.1 Å². The van der Waals surface area contributed by atoms with E-state index in [1.165, 1.54) is 18.2 Å². The van der Waals surface area contributed by atoms with Crippen LogP contribution in [0.4, 0.5) is 14.5 Å². The number of anilines is 1. The molecule has 0 saturated carbocycles. The predicted molar refractivity (Wildman–Crippen MR) is 152 cm³/mol. The van der Waals surface area contributed by atoms with E-state index in [1.807, 2.05) is 4.90 Å². The fraction of sp³-hybridized carbons (Fsp3) is 0.296. The summed E-state index contributed by atoms with van der Waals surface area (Å²) in [5.41, 5.74) is 0.411. The quantitative estimate of drug-likeness (QED) is 0.199. The largest absolute Gasteiger partial charge is 0.355 e. The number of fused-ring (bicyclic) bond motifs is 1. The number of hydrogen-bond donors (Lipinski definition) is 0. The average molecular weight is 636 g/mol. The van der Waals surface area contributed by atoms with E-state index in [1.54, 1.807) is 41.2 Å². The maximum absolute atomic E-state index is 15.5. The topological polar surface area (TPSA) is 105 Å². The Morgan fingerprint density at radius 3 is 2.74 bits per heavy atom. The summed E-state index contributed by atoms with van der Waals surface area (Å²) in [4.78, 5) is 37.0. The third-order valence-electron chi connectivity index (χ3n) is 7.33. The number of nitrogens with zero attached hydrogens (tertiary/aromatic N) is 5. The Kier molecular flexibility index (Phi) is 7.74. The number of hydrogen-bond acceptors (Lipinski definition) is 8. The van der Waals surface area contributed by atoms with Crippen LogP contribution in [0.25, 0.3) is 15.8 Å². The van der Waals surface area contributed by atoms with Gasteiger partial charge in [0.25, 0.3) is 10.0 Å². The number of amides is 1. The van der Waals surface area contributed by atoms with Crippen molar-refractivity contribution in [3.8, 4) is 5.69 Å². The number of carbonyl (C=O) groups excluding carboxylic acids is 2. The van der Waals surface area contributed by atoms with Crippen molar-refractivity contribution >= 4 is 61.1 Å². The summed E-state index contributed by atoms with van der Waals surface area (Å²) in [6.45, 7) is 1.25. The van der Waals surface area contributed by atoms with Gasteiger partial charge in [-0.05, 0) is 53.0 Å². The van der Waals surface area contributed by atoms with Crippen molar-refractivity contribution in [1.29, 1.82) is 0 Å². The molecular weight excluding hydrogens is 612 g/mol. The van der Waals surface area contributed by atoms with Gasteiger partial charge in [-0.25, -0.2) is 22.2 Å². The van der Waals surface area contributed by atoms with E-state index in [-0.39, 0.29) is 29.3 Å². The molecule has 2 saturated heterocycles. The van der Waals surface area contributed by atoms with Crippen LogP contribution < -0.4 is 4.90 Å². The molecule has 10 nitrogen and oxygen atoms in total. The van der Waals surface area contributed by atoms with Crippen molar-refractivity contribution in [2.24, 2.45) is 0 Å². The Bertz CT molecular complexity index is 1780. The molecule has 2 fully saturated rings. The van der Waals surface area contributed by atoms with Gasteiger partial charge in [-0.2, -0.15) is 0 Å². The highest BCUT2D eigenvalue weighted by atomic mass is 35.5. The van der Waals surface area contributed by atoms with Crippen molar-refractivity contribution < 1.29 is 31.6 Å². The molecule has 0 spiro atoms. The molecule has 0 aliphatic carbocycles. The van der Waals surface area contributed by atoms with Crippen LogP contribution in [-0.4, -0.2) is 71.6 Å². The van der Waals surface area contributed by atoms with Crippen molar-refractivity contribution in [1.82, 2.24) is 18.9 Å². The van der Waals surface area contributed by atoms with Gasteiger partial charge < -0.3 is 14.3 Å². The number of hydroxylamine groups is 1. The summed E-state index contributed by atoms with van der Waals surface area (Å²) >= 11 is 6.95. The number of imidazole rings is 1. The van der Waals surface area contributed by atoms with E-state index >= 15 is 4.39 Å². The second kappa shape index (κ2) is 11.3. The summed E-state index contributed by atoms with van der Waals surface area (Å²) in [7, 11) is -4.45. The van der Waals surface area contributed by atoms with Crippen LogP contribution >= 0.6 is 22.9 Å². The van der Waals surface area contributed by atoms with Crippen molar-refractivity contribution in [2.45, 2.75) is 35.8 Å². The van der Waals surface area contributed by atoms with Gasteiger partial charge in [0.05, 0.1) is 12.2 Å². The van der Waals surface area contributed by atoms with E-state index in [0.717, 1.165) is 16.2 Å². The number of sulfonamides is 1. The number of carbonyl (C=O) groups is 2. The van der Waals surface area contributed by atoms with Gasteiger partial charge in [0.2, 0.25) is 5.91 Å². The van der Waals surface area contributed by atoms with Crippen LogP contribution in [-0.2, 0) is 31.0 Å². The second-order valence-corrected chi connectivity index (χ2v) is 13.5. The van der Waals surface area contributed by atoms with Crippen molar-refractivity contribution in [3.63, 3.8) is 0 Å². The first-order valence-electron chi connectivity index (χ1n) is 13.0. The molecule has 2 atom stereocenters. The summed E-state index contributed by atoms with van der Waals surface area (Å²) < 4.78 is 58.6. The zero-order chi connectivity index (χ0) is 29.6. The van der Waals surface area contributed by atoms with Gasteiger partial charge in [-0.3, -0.25) is 14.5 Å². The lowest BCUT2D eigenvalue weighted by atomic mass is 10.2. The van der Waals surface area contributed by atoms with Crippen LogP contribution in [0.1, 0.15) is 18.7 Å². The predicted octanol–water partition coefficient (Wildman–Crippen LogP) is 4.31. The van der Waals surface area contributed by atoms with Crippen LogP contribution in [0.5, 0.6) is 0 Å². The lowest BCUT2D eigenvalue weighted by molar-refractivity contribution is -0.160. The van der Waals surface area contributed by atoms with Crippen LogP contribution in [0.3, 0.4) is 0 Å². The molecule has 4 heterocycles. The Hall–Kier alpha value is -3.43. The Labute approximate surface area is 248 Å². The van der Waals surface area contributed by atoms with Crippen LogP contribution in [0, 0.1) is 5.82 Å². The molecule has 1 amide bonds. The van der Waals surface area contributed by atoms with Crippen LogP contribution in [0.15, 0.2) is 59.1 Å². The first-order valence-corrected chi connectivity index (χ1v) is 15.6. The van der Waals surface area contributed by atoms with Gasteiger partial charge in [0.15, 0.2) is 0 Å². The third kappa shape index (κ3) is 5.28. The molecule has 0 bridgehead atoms. The van der Waals surface area contributed by atoms with Gasteiger partial charge >= 0.3 is 6.47 Å². The number of likely N-dealkylation sites (tertiary alicyclic amines) is 1. The standard InChI is InChI=1S/C27H24ClF2N5O5S2/c28-18-2-1-17-11-26(41-24(17)12-18)42(38,39)35(40-16-36)23-6-9-34(27(23)37)22-4-3-20(13-21(22)30)33-10-7-31-25(33)15-32-8-5-19(29)14-32/h1-4,7,10-13,16,19,23H,5-6,8-9,14-15H2. The smallest absolute Gasteiger partial charge is 0.314 e. The summed E-state index contributed by atoms with van der Waals surface area (Å²) in [6.07, 6.45) is 2.79. The Morgan fingerprint density at radius 1 is 1.17 bits per heavy atom. The first-order chi connectivity index (χ1) is 20.2. The molecule has 15 heteroatoms. The summed E-state index contributed by atoms with van der Waals surface area (Å²) in [5.74, 6) is -0.837. The molecule has 42 heavy (non-hydrogen) atoms. The minimum absolute atomic E-state index is 0.00822. The zero-order valence-corrected chi connectivity index (χ0v) is 24.3. The van der Waals surface area contributed by atoms with E-state index in [0.29, 0.717) is 57.1 Å². The van der Waals surface area contributed by atoms with Gasteiger partial charge in [-0.1, -0.05) is 17.7 Å². The molecule has 2 aromatic heterocycles. The molecule has 0 N–H and O–H groups in total. The molecule has 6 rings (SSSR count). The number of benzene rings is 2. The highest BCUT2D eigenvalue weighted by Crippen LogP contribution is 2.36. The number of halogens is 3. The highest BCUT2D eigenvalue weighted by Gasteiger charge is 2.45. The summed E-state index contributed by atoms with van der Waals surface area (Å²) in [6, 6.07) is 9.20. The maximum Gasteiger partial charge on any atom is 0.314 e. The lowest BCUT2D eigenvalue weighted by Gasteiger charge is -2.24. The molecule has 4 aromatic rings. The molecule has 2 unspecified atom stereocenters. The molecule has 2 aromatic carbocycles. The average Bonchev–Trinajstić information content (AvgIpc) is 3.75. The first kappa shape index (κ1) is 28.7. The minimum Gasteiger partial charge on any atom is -0.355 e. The zero-order valence-electron chi connectivity index (χ0n) is 21.9. The molecule has 220 valence electrons. The van der Waals surface area contributed by atoms with Crippen LogP contribution in [0.2, 0.25) is 5.02 Å². The van der Waals surface area contributed by atoms with Crippen molar-refractivity contribution in [2.75, 3.05) is 24.5 Å². The number of aromatic nitrogens is 2. The normalized spacial score (nSPS) is 19.8. The number of thiophene rings is 1. The van der Waals surface area contributed by atoms with Crippen molar-refractivity contribution in [3.05, 3.63) is 71.5 Å². The Morgan fingerprint density at radius 2 is 2.00 bits per heavy atom. The SMILES string of the molecule is O=CON(C1CCN(c2ccc(-n3ccnc3CN3CCC(F)C3)cc2F)C1=O)S(=O)(=O)c1cc2ccc(Cl)cc2s1. The molecule has 0 radical (unpaired) electrons. The van der Waals surface area contributed by atoms with Gasteiger partial charge in [-0.15, -0.1) is 11.3 Å². The fourth-order valence-corrected chi connectivity index (χ4v) is 8.43. The molecule has 2 aliphatic heterocycles. The minimum atomic E-state index is -4.45. The highest BCUT2D eigenvalue weighted by molar-refractivity contribution is 7.91.